The third-order valence-electron chi connectivity index (χ3n) is 6.56. The number of carbonyl (C=O) groups excluding carboxylic acids is 1. The fourth-order valence-electron chi connectivity index (χ4n) is 4.55. The average Bonchev–Trinajstić information content (AvgIpc) is 2.77. The van der Waals surface area contributed by atoms with E-state index >= 15 is 0 Å². The van der Waals surface area contributed by atoms with E-state index in [1.807, 2.05) is 25.1 Å². The molecular formula is C27H36O4. The maximum absolute atomic E-state index is 12.5. The first-order valence-electron chi connectivity index (χ1n) is 11.3. The van der Waals surface area contributed by atoms with Crippen molar-refractivity contribution >= 4 is 5.78 Å². The summed E-state index contributed by atoms with van der Waals surface area (Å²) in [4.78, 5) is 12.5. The molecule has 2 unspecified atom stereocenters. The molecule has 2 aromatic rings. The van der Waals surface area contributed by atoms with Gasteiger partial charge in [0.1, 0.15) is 11.9 Å². The third-order valence-corrected chi connectivity index (χ3v) is 6.56. The van der Waals surface area contributed by atoms with Gasteiger partial charge in [0.15, 0.2) is 17.3 Å². The SMILES string of the molecule is CC(C)C1Oc2c(ccc3c2CCCC3)C(=O)C1C.COc1cc(C)c(C)cc1OC. The summed E-state index contributed by atoms with van der Waals surface area (Å²) in [5.41, 5.74) is 5.93. The zero-order valence-corrected chi connectivity index (χ0v) is 20.0. The van der Waals surface area contributed by atoms with Crippen LogP contribution in [0.3, 0.4) is 0 Å². The van der Waals surface area contributed by atoms with Gasteiger partial charge in [-0.25, -0.2) is 0 Å². The molecule has 0 fully saturated rings. The highest BCUT2D eigenvalue weighted by atomic mass is 16.5. The van der Waals surface area contributed by atoms with Crippen molar-refractivity contribution in [1.29, 1.82) is 0 Å². The second-order valence-electron chi connectivity index (χ2n) is 9.06. The van der Waals surface area contributed by atoms with Crippen molar-refractivity contribution in [3.63, 3.8) is 0 Å². The fourth-order valence-corrected chi connectivity index (χ4v) is 4.55. The third kappa shape index (κ3) is 4.73. The highest BCUT2D eigenvalue weighted by Crippen LogP contribution is 2.40. The maximum Gasteiger partial charge on any atom is 0.173 e. The van der Waals surface area contributed by atoms with E-state index in [2.05, 4.69) is 33.8 Å². The van der Waals surface area contributed by atoms with Crippen LogP contribution in [0.25, 0.3) is 0 Å². The summed E-state index contributed by atoms with van der Waals surface area (Å²) in [6.45, 7) is 10.4. The Balaban J connectivity index is 0.000000196. The van der Waals surface area contributed by atoms with Crippen LogP contribution in [0.15, 0.2) is 24.3 Å². The summed E-state index contributed by atoms with van der Waals surface area (Å²) in [7, 11) is 3.29. The van der Waals surface area contributed by atoms with Crippen LogP contribution in [0, 0.1) is 25.7 Å². The molecule has 0 bridgehead atoms. The van der Waals surface area contributed by atoms with Gasteiger partial charge in [-0.2, -0.15) is 0 Å². The number of rotatable bonds is 3. The summed E-state index contributed by atoms with van der Waals surface area (Å²) >= 11 is 0. The summed E-state index contributed by atoms with van der Waals surface area (Å²) in [5, 5.41) is 0. The molecule has 168 valence electrons. The lowest BCUT2D eigenvalue weighted by Gasteiger charge is -2.35. The molecule has 0 spiro atoms. The molecule has 2 aromatic carbocycles. The lowest BCUT2D eigenvalue weighted by Crippen LogP contribution is -2.40. The molecule has 0 aromatic heterocycles. The van der Waals surface area contributed by atoms with Crippen molar-refractivity contribution in [3.05, 3.63) is 52.1 Å². The van der Waals surface area contributed by atoms with E-state index in [1.54, 1.807) is 14.2 Å². The van der Waals surface area contributed by atoms with Gasteiger partial charge in [-0.05, 0) is 85.9 Å². The van der Waals surface area contributed by atoms with Crippen molar-refractivity contribution in [2.75, 3.05) is 14.2 Å². The maximum atomic E-state index is 12.5. The van der Waals surface area contributed by atoms with Crippen LogP contribution in [0.1, 0.15) is 66.2 Å². The molecule has 2 atom stereocenters. The van der Waals surface area contributed by atoms with Crippen LogP contribution in [0.4, 0.5) is 0 Å². The van der Waals surface area contributed by atoms with E-state index in [0.29, 0.717) is 5.92 Å². The smallest absolute Gasteiger partial charge is 0.173 e. The molecule has 1 aliphatic heterocycles. The molecule has 0 saturated heterocycles. The zero-order valence-electron chi connectivity index (χ0n) is 20.0. The lowest BCUT2D eigenvalue weighted by molar-refractivity contribution is 0.0552. The number of fused-ring (bicyclic) bond motifs is 3. The van der Waals surface area contributed by atoms with E-state index < -0.39 is 0 Å². The summed E-state index contributed by atoms with van der Waals surface area (Å²) in [5.74, 6) is 3.08. The number of benzene rings is 2. The molecule has 0 saturated carbocycles. The number of methoxy groups -OCH3 is 2. The largest absolute Gasteiger partial charge is 0.493 e. The Bertz CT molecular complexity index is 916. The molecule has 0 radical (unpaired) electrons. The number of aryl methyl sites for hydroxylation is 3. The van der Waals surface area contributed by atoms with Gasteiger partial charge in [0.05, 0.1) is 25.7 Å². The first-order valence-corrected chi connectivity index (χ1v) is 11.3. The minimum atomic E-state index is -0.0332. The Morgan fingerprint density at radius 3 is 2.10 bits per heavy atom. The van der Waals surface area contributed by atoms with E-state index in [9.17, 15) is 4.79 Å². The van der Waals surface area contributed by atoms with Crippen LogP contribution in [0.2, 0.25) is 0 Å². The van der Waals surface area contributed by atoms with E-state index in [-0.39, 0.29) is 17.8 Å². The summed E-state index contributed by atoms with van der Waals surface area (Å²) in [6, 6.07) is 8.08. The second-order valence-corrected chi connectivity index (χ2v) is 9.06. The Morgan fingerprint density at radius 1 is 0.968 bits per heavy atom. The van der Waals surface area contributed by atoms with Crippen molar-refractivity contribution in [1.82, 2.24) is 0 Å². The van der Waals surface area contributed by atoms with Crippen LogP contribution in [-0.4, -0.2) is 26.1 Å². The predicted molar refractivity (Wildman–Crippen MR) is 125 cm³/mol. The molecule has 31 heavy (non-hydrogen) atoms. The van der Waals surface area contributed by atoms with Crippen LogP contribution < -0.4 is 14.2 Å². The van der Waals surface area contributed by atoms with Gasteiger partial charge in [0.25, 0.3) is 0 Å². The van der Waals surface area contributed by atoms with E-state index in [4.69, 9.17) is 14.2 Å². The van der Waals surface area contributed by atoms with Crippen molar-refractivity contribution in [3.8, 4) is 17.2 Å². The molecule has 1 heterocycles. The van der Waals surface area contributed by atoms with Gasteiger partial charge in [0, 0.05) is 0 Å². The minimum absolute atomic E-state index is 0.0217. The zero-order chi connectivity index (χ0) is 22.7. The quantitative estimate of drug-likeness (QED) is 0.595. The molecule has 2 aliphatic rings. The topological polar surface area (TPSA) is 44.8 Å². The highest BCUT2D eigenvalue weighted by molar-refractivity contribution is 6.02. The van der Waals surface area contributed by atoms with Crippen LogP contribution in [0.5, 0.6) is 17.2 Å². The Labute approximate surface area is 186 Å². The number of hydrogen-bond acceptors (Lipinski definition) is 4. The number of ether oxygens (including phenoxy) is 3. The molecule has 4 heteroatoms. The molecule has 0 N–H and O–H groups in total. The van der Waals surface area contributed by atoms with Crippen molar-refractivity contribution in [2.45, 2.75) is 66.4 Å². The number of hydrogen-bond donors (Lipinski definition) is 0. The molecule has 4 nitrogen and oxygen atoms in total. The van der Waals surface area contributed by atoms with Crippen molar-refractivity contribution in [2.24, 2.45) is 11.8 Å². The average molecular weight is 425 g/mol. The van der Waals surface area contributed by atoms with E-state index in [0.717, 1.165) is 35.7 Å². The lowest BCUT2D eigenvalue weighted by atomic mass is 9.81. The van der Waals surface area contributed by atoms with Gasteiger partial charge in [-0.15, -0.1) is 0 Å². The molecule has 4 rings (SSSR count). The number of Topliss-reactive ketones (excluding diaryl/α,β-unsaturated/α-hetero) is 1. The highest BCUT2D eigenvalue weighted by Gasteiger charge is 2.37. The van der Waals surface area contributed by atoms with Gasteiger partial charge in [-0.1, -0.05) is 26.8 Å². The predicted octanol–water partition coefficient (Wildman–Crippen LogP) is 6.12. The molecule has 1 aliphatic carbocycles. The van der Waals surface area contributed by atoms with Gasteiger partial charge >= 0.3 is 0 Å². The Morgan fingerprint density at radius 2 is 1.55 bits per heavy atom. The van der Waals surface area contributed by atoms with Gasteiger partial charge < -0.3 is 14.2 Å². The first kappa shape index (κ1) is 23.2. The fraction of sp³-hybridized carbons (Fsp3) is 0.519. The normalized spacial score (nSPS) is 19.5. The van der Waals surface area contributed by atoms with Crippen LogP contribution in [-0.2, 0) is 12.8 Å². The summed E-state index contributed by atoms with van der Waals surface area (Å²) < 4.78 is 16.5. The standard InChI is InChI=1S/C17H22O2.C10H14O2/c1-10(2)16-11(3)15(18)14-9-8-12-6-4-5-7-13(12)17(14)19-16;1-7-5-9(11-3)10(12-4)6-8(7)2/h8-11,16H,4-7H2,1-3H3;5-6H,1-4H3. The number of ketones is 1. The minimum Gasteiger partial charge on any atom is -0.493 e. The Kier molecular flexibility index (Phi) is 7.30. The second kappa shape index (κ2) is 9.76. The van der Waals surface area contributed by atoms with Crippen LogP contribution >= 0.6 is 0 Å². The van der Waals surface area contributed by atoms with Crippen molar-refractivity contribution < 1.29 is 19.0 Å². The van der Waals surface area contributed by atoms with Gasteiger partial charge in [0.2, 0.25) is 0 Å². The Hall–Kier alpha value is -2.49. The van der Waals surface area contributed by atoms with E-state index in [1.165, 1.54) is 35.1 Å². The number of carbonyl (C=O) groups is 1. The monoisotopic (exact) mass is 424 g/mol. The molecular weight excluding hydrogens is 388 g/mol. The molecule has 0 amide bonds. The van der Waals surface area contributed by atoms with Gasteiger partial charge in [-0.3, -0.25) is 4.79 Å². The summed E-state index contributed by atoms with van der Waals surface area (Å²) in [6.07, 6.45) is 4.67. The first-order chi connectivity index (χ1) is 14.8.